The molecule has 0 bridgehead atoms. The van der Waals surface area contributed by atoms with E-state index in [0.29, 0.717) is 61.1 Å². The molecule has 3 N–H and O–H groups in total. The maximum absolute atomic E-state index is 12.9. The van der Waals surface area contributed by atoms with Crippen molar-refractivity contribution in [3.63, 3.8) is 0 Å². The van der Waals surface area contributed by atoms with Crippen LogP contribution >= 0.6 is 11.6 Å². The van der Waals surface area contributed by atoms with Crippen LogP contribution in [0.3, 0.4) is 0 Å². The van der Waals surface area contributed by atoms with Crippen molar-refractivity contribution in [3.8, 4) is 53.8 Å². The highest BCUT2D eigenvalue weighted by molar-refractivity contribution is 6.34. The Labute approximate surface area is 452 Å². The van der Waals surface area contributed by atoms with Crippen molar-refractivity contribution in [1.82, 2.24) is 19.9 Å². The molecule has 380 valence electrons. The lowest BCUT2D eigenvalue weighted by molar-refractivity contribution is 0.0683. The molecule has 16 heteroatoms. The first-order chi connectivity index (χ1) is 38.0. The predicted octanol–water partition coefficient (Wildman–Crippen LogP) is 12.3. The Kier molecular flexibility index (Phi) is 19.0. The molecule has 8 aromatic carbocycles. The molecule has 10 aromatic rings. The number of ether oxygens (including phenoxy) is 4. The first-order valence-electron chi connectivity index (χ1n) is 23.3. The Morgan fingerprint density at radius 2 is 0.859 bits per heavy atom. The number of halogens is 1. The monoisotopic (exact) mass is 1050 g/mol. The van der Waals surface area contributed by atoms with Crippen molar-refractivity contribution in [3.05, 3.63) is 245 Å². The van der Waals surface area contributed by atoms with Gasteiger partial charge in [-0.2, -0.15) is 5.26 Å². The van der Waals surface area contributed by atoms with E-state index in [0.717, 1.165) is 11.3 Å². The summed E-state index contributed by atoms with van der Waals surface area (Å²) in [5.41, 5.74) is 10.7. The molecule has 15 nitrogen and oxygen atoms in total. The van der Waals surface area contributed by atoms with Crippen molar-refractivity contribution in [2.75, 3.05) is 11.1 Å². The summed E-state index contributed by atoms with van der Waals surface area (Å²) >= 11 is 6.14. The number of rotatable bonds is 10. The number of hydrogen-bond donors (Lipinski definition) is 2. The number of nitriles is 1. The summed E-state index contributed by atoms with van der Waals surface area (Å²) in [5, 5.41) is 11.7. The zero-order valence-corrected chi connectivity index (χ0v) is 42.0. The lowest BCUT2D eigenvalue weighted by Gasteiger charge is -2.14. The Morgan fingerprint density at radius 1 is 0.487 bits per heavy atom. The molecule has 10 rings (SSSR count). The Bertz CT molecular complexity index is 3890. The number of nitrogen functional groups attached to an aromatic ring is 1. The molecule has 0 aliphatic carbocycles. The average Bonchev–Trinajstić information content (AvgIpc) is 3.56. The van der Waals surface area contributed by atoms with E-state index in [1.165, 1.54) is 37.8 Å². The average molecular weight is 1050 g/mol. The van der Waals surface area contributed by atoms with Gasteiger partial charge in [0.15, 0.2) is 23.0 Å². The SMILES string of the molecule is C#Cc1cccc(N)c1.C#Cc1cccc(Nc2ncnc3cc(OC(=O)c4ccccc4)c(OC(=O)c4ccccc4)cc23)c1.CC#N.O=C(Oc1cc2ncnc(Cl)c2cc1OC(=O)c1ccccc1)c1ccccc1. The van der Waals surface area contributed by atoms with Crippen molar-refractivity contribution in [2.24, 2.45) is 0 Å². The van der Waals surface area contributed by atoms with Crippen molar-refractivity contribution in [2.45, 2.75) is 6.92 Å². The van der Waals surface area contributed by atoms with E-state index >= 15 is 0 Å². The van der Waals surface area contributed by atoms with Gasteiger partial charge in [-0.3, -0.25) is 0 Å². The number of nitrogens with two attached hydrogens (primary N) is 1. The summed E-state index contributed by atoms with van der Waals surface area (Å²) < 4.78 is 22.3. The molecule has 78 heavy (non-hydrogen) atoms. The largest absolute Gasteiger partial charge is 0.419 e. The van der Waals surface area contributed by atoms with Gasteiger partial charge in [0.25, 0.3) is 0 Å². The van der Waals surface area contributed by atoms with Crippen LogP contribution in [0.15, 0.2) is 207 Å². The van der Waals surface area contributed by atoms with E-state index in [-0.39, 0.29) is 28.2 Å². The number of aromatic nitrogens is 4. The second-order valence-corrected chi connectivity index (χ2v) is 16.2. The minimum Gasteiger partial charge on any atom is -0.419 e. The maximum Gasteiger partial charge on any atom is 0.343 e. The van der Waals surface area contributed by atoms with Gasteiger partial charge in [0.1, 0.15) is 23.6 Å². The topological polar surface area (TPSA) is 219 Å². The molecule has 0 aliphatic heterocycles. The van der Waals surface area contributed by atoms with Crippen molar-refractivity contribution >= 4 is 74.5 Å². The fourth-order valence-corrected chi connectivity index (χ4v) is 7.09. The molecular weight excluding hydrogens is 1010 g/mol. The van der Waals surface area contributed by atoms with E-state index in [4.69, 9.17) is 54.4 Å². The van der Waals surface area contributed by atoms with Gasteiger partial charge < -0.3 is 30.0 Å². The minimum atomic E-state index is -0.606. The molecule has 0 atom stereocenters. The number of hydrogen-bond acceptors (Lipinski definition) is 15. The zero-order chi connectivity index (χ0) is 55.2. The fourth-order valence-electron chi connectivity index (χ4n) is 6.90. The third kappa shape index (κ3) is 15.0. The molecule has 0 saturated carbocycles. The van der Waals surface area contributed by atoms with Gasteiger partial charge in [-0.25, -0.2) is 39.1 Å². The molecule has 0 radical (unpaired) electrons. The van der Waals surface area contributed by atoms with E-state index in [1.54, 1.807) is 152 Å². The number of carbonyl (C=O) groups excluding carboxylic acids is 4. The summed E-state index contributed by atoms with van der Waals surface area (Å²) in [6.07, 6.45) is 13.3. The first-order valence-corrected chi connectivity index (χ1v) is 23.6. The molecule has 0 fully saturated rings. The Morgan fingerprint density at radius 3 is 1.27 bits per heavy atom. The zero-order valence-electron chi connectivity index (χ0n) is 41.2. The second-order valence-electron chi connectivity index (χ2n) is 15.9. The summed E-state index contributed by atoms with van der Waals surface area (Å²) in [6, 6.07) is 56.4. The molecule has 0 amide bonds. The lowest BCUT2D eigenvalue weighted by Crippen LogP contribution is -2.13. The molecular formula is C62H42ClN7O8. The summed E-state index contributed by atoms with van der Waals surface area (Å²) in [7, 11) is 0. The third-order valence-corrected chi connectivity index (χ3v) is 10.8. The fraction of sp³-hybridized carbons (Fsp3) is 0.0161. The van der Waals surface area contributed by atoms with Crippen LogP contribution in [0.25, 0.3) is 21.8 Å². The summed E-state index contributed by atoms with van der Waals surface area (Å²) in [6.45, 7) is 1.43. The lowest BCUT2D eigenvalue weighted by atomic mass is 10.1. The molecule has 2 aromatic heterocycles. The van der Waals surface area contributed by atoms with Crippen LogP contribution in [-0.4, -0.2) is 43.8 Å². The van der Waals surface area contributed by atoms with E-state index < -0.39 is 23.9 Å². The number of carbonyl (C=O) groups is 4. The third-order valence-electron chi connectivity index (χ3n) is 10.5. The van der Waals surface area contributed by atoms with Crippen LogP contribution in [0, 0.1) is 36.0 Å². The van der Waals surface area contributed by atoms with Crippen LogP contribution in [0.4, 0.5) is 17.2 Å². The molecule has 2 heterocycles. The Balaban J connectivity index is 0.000000190. The number of terminal acetylenes is 2. The highest BCUT2D eigenvalue weighted by atomic mass is 35.5. The van der Waals surface area contributed by atoms with E-state index in [1.807, 2.05) is 30.3 Å². The van der Waals surface area contributed by atoms with Gasteiger partial charge in [-0.05, 0) is 97.1 Å². The van der Waals surface area contributed by atoms with Crippen LogP contribution < -0.4 is 30.0 Å². The van der Waals surface area contributed by atoms with Crippen LogP contribution in [0.5, 0.6) is 23.0 Å². The number of nitrogens with one attached hydrogen (secondary N) is 1. The summed E-state index contributed by atoms with van der Waals surface area (Å²) in [5.74, 6) is 3.31. The van der Waals surface area contributed by atoms with E-state index in [9.17, 15) is 19.2 Å². The number of esters is 4. The normalized spacial score (nSPS) is 9.88. The second kappa shape index (κ2) is 27.2. The quantitative estimate of drug-likeness (QED) is 0.0428. The number of nitrogens with zero attached hydrogens (tertiary/aromatic N) is 5. The van der Waals surface area contributed by atoms with Gasteiger partial charge >= 0.3 is 23.9 Å². The maximum atomic E-state index is 12.9. The Hall–Kier alpha value is -11.2. The smallest absolute Gasteiger partial charge is 0.343 e. The van der Waals surface area contributed by atoms with Gasteiger partial charge in [-0.15, -0.1) is 12.8 Å². The summed E-state index contributed by atoms with van der Waals surface area (Å²) in [4.78, 5) is 67.4. The number of fused-ring (bicyclic) bond motifs is 2. The molecule has 0 aliphatic rings. The predicted molar refractivity (Wildman–Crippen MR) is 297 cm³/mol. The first kappa shape index (κ1) is 54.6. The highest BCUT2D eigenvalue weighted by Gasteiger charge is 2.21. The van der Waals surface area contributed by atoms with Gasteiger partial charge in [-0.1, -0.05) is 108 Å². The van der Waals surface area contributed by atoms with E-state index in [2.05, 4.69) is 37.1 Å². The molecule has 0 saturated heterocycles. The standard InChI is InChI=1S/C30H19N3O4.C22H13ClN2O4.C8H7N.C2H3N/c1-2-20-10-9-15-23(16-20)33-28-24-17-26(36-29(34)21-11-5-3-6-12-21)27(18-25(24)31-19-32-28)37-30(35)22-13-7-4-8-14-22;23-20-16-11-18(28-21(26)14-7-3-1-4-8-14)19(12-17(16)24-13-25-20)29-22(27)15-9-5-2-6-10-15;1-2-7-4-3-5-8(9)6-7;1-2-3/h1,3-19H,(H,31,32,33);1-13H;1,3-6H,9H2;1H3. The van der Waals surface area contributed by atoms with Gasteiger partial charge in [0.2, 0.25) is 0 Å². The van der Waals surface area contributed by atoms with Crippen molar-refractivity contribution < 1.29 is 38.1 Å². The molecule has 0 unspecified atom stereocenters. The minimum absolute atomic E-state index is 0.0346. The van der Waals surface area contributed by atoms with Gasteiger partial charge in [0.05, 0.1) is 39.4 Å². The van der Waals surface area contributed by atoms with Crippen LogP contribution in [0.1, 0.15) is 59.5 Å². The van der Waals surface area contributed by atoms with Gasteiger partial charge in [0, 0.05) is 52.3 Å². The van der Waals surface area contributed by atoms with Crippen LogP contribution in [-0.2, 0) is 0 Å². The molecule has 0 spiro atoms. The number of benzene rings is 8. The van der Waals surface area contributed by atoms with Crippen LogP contribution in [0.2, 0.25) is 5.15 Å². The number of anilines is 3. The highest BCUT2D eigenvalue weighted by Crippen LogP contribution is 2.37. The van der Waals surface area contributed by atoms with Crippen molar-refractivity contribution in [1.29, 1.82) is 5.26 Å².